The van der Waals surface area contributed by atoms with Gasteiger partial charge in [0.15, 0.2) is 0 Å². The summed E-state index contributed by atoms with van der Waals surface area (Å²) in [5.74, 6) is 0. The lowest BCUT2D eigenvalue weighted by atomic mass is 9.88. The van der Waals surface area contributed by atoms with Crippen molar-refractivity contribution in [3.63, 3.8) is 0 Å². The van der Waals surface area contributed by atoms with E-state index in [4.69, 9.17) is 10.5 Å². The molecule has 106 valence electrons. The van der Waals surface area contributed by atoms with Gasteiger partial charge < -0.3 is 15.4 Å². The first-order valence-corrected chi connectivity index (χ1v) is 7.56. The normalized spacial score (nSPS) is 32.3. The quantitative estimate of drug-likeness (QED) is 0.811. The van der Waals surface area contributed by atoms with Crippen LogP contribution < -0.4 is 5.73 Å². The molecule has 0 saturated carbocycles. The maximum Gasteiger partial charge on any atom is 0.0484 e. The lowest BCUT2D eigenvalue weighted by Crippen LogP contribution is -2.60. The number of hydrogen-bond donors (Lipinski definition) is 1. The van der Waals surface area contributed by atoms with Crippen molar-refractivity contribution in [3.8, 4) is 0 Å². The van der Waals surface area contributed by atoms with Crippen molar-refractivity contribution in [2.45, 2.75) is 38.1 Å². The summed E-state index contributed by atoms with van der Waals surface area (Å²) in [5, 5.41) is 0. The third-order valence-corrected chi connectivity index (χ3v) is 4.61. The van der Waals surface area contributed by atoms with Crippen LogP contribution in [-0.4, -0.2) is 67.8 Å². The Morgan fingerprint density at radius 1 is 1.11 bits per heavy atom. The highest BCUT2D eigenvalue weighted by atomic mass is 16.5. The van der Waals surface area contributed by atoms with Crippen LogP contribution in [0.5, 0.6) is 0 Å². The van der Waals surface area contributed by atoms with E-state index in [0.29, 0.717) is 0 Å². The van der Waals surface area contributed by atoms with Crippen LogP contribution in [0.1, 0.15) is 32.6 Å². The monoisotopic (exact) mass is 255 g/mol. The van der Waals surface area contributed by atoms with E-state index >= 15 is 0 Å². The zero-order valence-corrected chi connectivity index (χ0v) is 11.9. The zero-order valence-electron chi connectivity index (χ0n) is 11.9. The Balaban J connectivity index is 1.92. The Morgan fingerprint density at radius 2 is 1.89 bits per heavy atom. The smallest absolute Gasteiger partial charge is 0.0484 e. The molecular formula is C14H29N3O. The maximum absolute atomic E-state index is 6.12. The van der Waals surface area contributed by atoms with Crippen molar-refractivity contribution in [1.29, 1.82) is 0 Å². The highest BCUT2D eigenvalue weighted by Gasteiger charge is 2.37. The second-order valence-corrected chi connectivity index (χ2v) is 5.72. The first kappa shape index (κ1) is 14.3. The molecule has 2 rings (SSSR count). The van der Waals surface area contributed by atoms with Gasteiger partial charge in [0, 0.05) is 51.5 Å². The van der Waals surface area contributed by atoms with Gasteiger partial charge in [-0.25, -0.2) is 0 Å². The van der Waals surface area contributed by atoms with Crippen LogP contribution in [0.25, 0.3) is 0 Å². The maximum atomic E-state index is 6.12. The van der Waals surface area contributed by atoms with Gasteiger partial charge in [-0.05, 0) is 32.2 Å². The average molecular weight is 255 g/mol. The largest absolute Gasteiger partial charge is 0.381 e. The highest BCUT2D eigenvalue weighted by molar-refractivity contribution is 4.94. The third kappa shape index (κ3) is 3.23. The Bertz CT molecular complexity index is 231. The minimum absolute atomic E-state index is 0.217. The lowest BCUT2D eigenvalue weighted by Gasteiger charge is -2.47. The minimum Gasteiger partial charge on any atom is -0.381 e. The van der Waals surface area contributed by atoms with Gasteiger partial charge in [-0.1, -0.05) is 6.92 Å². The van der Waals surface area contributed by atoms with Crippen molar-refractivity contribution in [2.24, 2.45) is 5.73 Å². The second kappa shape index (κ2) is 6.85. The van der Waals surface area contributed by atoms with Crippen LogP contribution in [0.3, 0.4) is 0 Å². The Labute approximate surface area is 111 Å². The van der Waals surface area contributed by atoms with E-state index in [1.165, 1.54) is 45.6 Å². The third-order valence-electron chi connectivity index (χ3n) is 4.61. The second-order valence-electron chi connectivity index (χ2n) is 5.72. The van der Waals surface area contributed by atoms with Crippen LogP contribution in [-0.2, 0) is 4.74 Å². The van der Waals surface area contributed by atoms with Crippen LogP contribution in [0.2, 0.25) is 0 Å². The fourth-order valence-electron chi connectivity index (χ4n) is 3.40. The van der Waals surface area contributed by atoms with Gasteiger partial charge >= 0.3 is 0 Å². The molecule has 2 saturated heterocycles. The number of hydrogen-bond acceptors (Lipinski definition) is 4. The zero-order chi connectivity index (χ0) is 12.8. The van der Waals surface area contributed by atoms with E-state index < -0.39 is 0 Å². The van der Waals surface area contributed by atoms with Gasteiger partial charge in [0.2, 0.25) is 0 Å². The molecule has 2 fully saturated rings. The van der Waals surface area contributed by atoms with Crippen LogP contribution in [0.15, 0.2) is 0 Å². The van der Waals surface area contributed by atoms with E-state index in [-0.39, 0.29) is 5.54 Å². The van der Waals surface area contributed by atoms with E-state index in [1.807, 2.05) is 0 Å². The molecule has 0 amide bonds. The molecule has 4 heteroatoms. The lowest BCUT2D eigenvalue weighted by molar-refractivity contribution is 0.0222. The van der Waals surface area contributed by atoms with Crippen molar-refractivity contribution in [3.05, 3.63) is 0 Å². The molecule has 0 aromatic carbocycles. The fraction of sp³-hybridized carbons (Fsp3) is 1.00. The molecule has 2 aliphatic heterocycles. The number of nitrogens with zero attached hydrogens (tertiary/aromatic N) is 2. The van der Waals surface area contributed by atoms with E-state index in [1.54, 1.807) is 0 Å². The van der Waals surface area contributed by atoms with Crippen LogP contribution in [0, 0.1) is 0 Å². The van der Waals surface area contributed by atoms with E-state index in [9.17, 15) is 0 Å². The molecule has 0 bridgehead atoms. The summed E-state index contributed by atoms with van der Waals surface area (Å²) in [6.07, 6.45) is 4.73. The summed E-state index contributed by atoms with van der Waals surface area (Å²) in [6, 6.07) is 0. The van der Waals surface area contributed by atoms with Crippen molar-refractivity contribution in [2.75, 3.05) is 52.5 Å². The molecule has 2 N–H and O–H groups in total. The predicted octanol–water partition coefficient (Wildman–Crippen LogP) is 0.912. The number of piperazine rings is 1. The van der Waals surface area contributed by atoms with Gasteiger partial charge in [0.1, 0.15) is 0 Å². The topological polar surface area (TPSA) is 41.7 Å². The molecule has 2 heterocycles. The van der Waals surface area contributed by atoms with E-state index in [2.05, 4.69) is 16.7 Å². The first-order valence-electron chi connectivity index (χ1n) is 7.56. The molecule has 0 radical (unpaired) electrons. The summed E-state index contributed by atoms with van der Waals surface area (Å²) < 4.78 is 5.61. The number of ether oxygens (including phenoxy) is 1. The molecule has 0 aliphatic carbocycles. The average Bonchev–Trinajstić information content (AvgIpc) is 2.66. The molecule has 1 atom stereocenters. The fourth-order valence-corrected chi connectivity index (χ4v) is 3.40. The molecule has 0 spiro atoms. The van der Waals surface area contributed by atoms with Gasteiger partial charge in [0.05, 0.1) is 0 Å². The minimum atomic E-state index is 0.217. The van der Waals surface area contributed by atoms with Gasteiger partial charge in [-0.3, -0.25) is 4.90 Å². The molecular weight excluding hydrogens is 226 g/mol. The first-order chi connectivity index (χ1) is 8.80. The van der Waals surface area contributed by atoms with Crippen molar-refractivity contribution >= 4 is 0 Å². The number of nitrogens with two attached hydrogens (primary N) is 1. The standard InChI is InChI=1S/C14H29N3O/c1-2-6-16-7-9-17(10-8-16)14(13-15)4-3-11-18-12-5-14/h2-13,15H2,1H3. The summed E-state index contributed by atoms with van der Waals surface area (Å²) in [7, 11) is 0. The Hall–Kier alpha value is -0.160. The van der Waals surface area contributed by atoms with Gasteiger partial charge in [-0.2, -0.15) is 0 Å². The summed E-state index contributed by atoms with van der Waals surface area (Å²) in [5.41, 5.74) is 6.34. The molecule has 0 aromatic rings. The van der Waals surface area contributed by atoms with Crippen LogP contribution in [0.4, 0.5) is 0 Å². The molecule has 4 nitrogen and oxygen atoms in total. The highest BCUT2D eigenvalue weighted by Crippen LogP contribution is 2.28. The summed E-state index contributed by atoms with van der Waals surface area (Å²) in [4.78, 5) is 5.22. The Kier molecular flexibility index (Phi) is 5.42. The molecule has 18 heavy (non-hydrogen) atoms. The Morgan fingerprint density at radius 3 is 2.56 bits per heavy atom. The van der Waals surface area contributed by atoms with Gasteiger partial charge in [0.25, 0.3) is 0 Å². The molecule has 1 unspecified atom stereocenters. The van der Waals surface area contributed by atoms with Crippen molar-refractivity contribution < 1.29 is 4.74 Å². The number of rotatable bonds is 4. The van der Waals surface area contributed by atoms with Gasteiger partial charge in [-0.15, -0.1) is 0 Å². The summed E-state index contributed by atoms with van der Waals surface area (Å²) >= 11 is 0. The SMILES string of the molecule is CCCN1CCN(C2(CN)CCCOCC2)CC1. The predicted molar refractivity (Wildman–Crippen MR) is 74.8 cm³/mol. The molecule has 2 aliphatic rings. The van der Waals surface area contributed by atoms with Crippen molar-refractivity contribution in [1.82, 2.24) is 9.80 Å². The molecule has 0 aromatic heterocycles. The van der Waals surface area contributed by atoms with Crippen LogP contribution >= 0.6 is 0 Å². The van der Waals surface area contributed by atoms with E-state index in [0.717, 1.165) is 32.6 Å². The summed E-state index contributed by atoms with van der Waals surface area (Å²) in [6.45, 7) is 10.8.